The Morgan fingerprint density at radius 1 is 1.36 bits per heavy atom. The van der Waals surface area contributed by atoms with E-state index in [2.05, 4.69) is 32.9 Å². The molecule has 1 aromatic rings. The van der Waals surface area contributed by atoms with Gasteiger partial charge in [0.15, 0.2) is 5.78 Å². The highest BCUT2D eigenvalue weighted by Gasteiger charge is 2.50. The van der Waals surface area contributed by atoms with Crippen molar-refractivity contribution >= 4 is 11.8 Å². The molecule has 0 heterocycles. The second kappa shape index (κ2) is 5.22. The number of carboxylic acids is 1. The van der Waals surface area contributed by atoms with Crippen LogP contribution in [0.3, 0.4) is 0 Å². The van der Waals surface area contributed by atoms with Gasteiger partial charge in [0.2, 0.25) is 0 Å². The van der Waals surface area contributed by atoms with Crippen molar-refractivity contribution in [3.63, 3.8) is 0 Å². The first kappa shape index (κ1) is 15.3. The van der Waals surface area contributed by atoms with Gasteiger partial charge in [-0.2, -0.15) is 0 Å². The van der Waals surface area contributed by atoms with Gasteiger partial charge in [-0.3, -0.25) is 9.59 Å². The van der Waals surface area contributed by atoms with Crippen molar-refractivity contribution < 1.29 is 14.7 Å². The molecule has 3 rings (SSSR count). The minimum atomic E-state index is -0.744. The Morgan fingerprint density at radius 3 is 2.73 bits per heavy atom. The summed E-state index contributed by atoms with van der Waals surface area (Å²) in [5, 5.41) is 9.53. The number of ketones is 1. The van der Waals surface area contributed by atoms with Crippen molar-refractivity contribution in [1.29, 1.82) is 0 Å². The summed E-state index contributed by atoms with van der Waals surface area (Å²) in [5.41, 5.74) is 2.90. The zero-order valence-corrected chi connectivity index (χ0v) is 13.6. The van der Waals surface area contributed by atoms with E-state index in [1.165, 1.54) is 5.56 Å². The number of fused-ring (bicyclic) bond motifs is 3. The Labute approximate surface area is 131 Å². The molecule has 3 nitrogen and oxygen atoms in total. The fraction of sp³-hybridized carbons (Fsp3) is 0.579. The van der Waals surface area contributed by atoms with Gasteiger partial charge in [0.1, 0.15) is 0 Å². The maximum atomic E-state index is 12.6. The largest absolute Gasteiger partial charge is 0.481 e. The topological polar surface area (TPSA) is 54.4 Å². The molecule has 0 bridgehead atoms. The molecule has 0 aliphatic heterocycles. The van der Waals surface area contributed by atoms with Crippen LogP contribution in [0.1, 0.15) is 73.9 Å². The van der Waals surface area contributed by atoms with Crippen LogP contribution < -0.4 is 0 Å². The number of Topliss-reactive ketones (excluding diaryl/α,β-unsaturated/α-hetero) is 1. The van der Waals surface area contributed by atoms with Crippen molar-refractivity contribution in [3.05, 3.63) is 34.9 Å². The molecular formula is C19H24O3. The van der Waals surface area contributed by atoms with E-state index in [1.807, 2.05) is 6.07 Å². The highest BCUT2D eigenvalue weighted by atomic mass is 16.4. The summed E-state index contributed by atoms with van der Waals surface area (Å²) in [6, 6.07) is 6.22. The first-order valence-corrected chi connectivity index (χ1v) is 8.25. The Kier molecular flexibility index (Phi) is 3.62. The number of carbonyl (C=O) groups excluding carboxylic acids is 1. The van der Waals surface area contributed by atoms with Gasteiger partial charge >= 0.3 is 5.97 Å². The second-order valence-electron chi connectivity index (χ2n) is 7.45. The Hall–Kier alpha value is -1.64. The number of hydrogen-bond donors (Lipinski definition) is 1. The maximum absolute atomic E-state index is 12.6. The number of rotatable bonds is 2. The molecule has 1 aromatic carbocycles. The van der Waals surface area contributed by atoms with Gasteiger partial charge in [-0.05, 0) is 47.3 Å². The van der Waals surface area contributed by atoms with Crippen molar-refractivity contribution in [1.82, 2.24) is 0 Å². The lowest BCUT2D eigenvalue weighted by atomic mass is 9.54. The van der Waals surface area contributed by atoms with Crippen molar-refractivity contribution in [2.45, 2.75) is 57.8 Å². The number of carboxylic acid groups (broad SMARTS) is 1. The standard InChI is InChI=1S/C19H24O3/c1-11(2)12-6-7-15-14(9-12)17(20)10-16-13(18(21)22)5-4-8-19(15,16)3/h6-7,9,11,13,16H,4-5,8,10H2,1-3H3,(H,21,22)/t13-,16?,19+/m0/s1. The Balaban J connectivity index is 2.11. The highest BCUT2D eigenvalue weighted by molar-refractivity contribution is 6.00. The van der Waals surface area contributed by atoms with Crippen LogP contribution in [-0.2, 0) is 10.2 Å². The summed E-state index contributed by atoms with van der Waals surface area (Å²) in [7, 11) is 0. The van der Waals surface area contributed by atoms with E-state index < -0.39 is 5.97 Å². The molecule has 118 valence electrons. The van der Waals surface area contributed by atoms with Crippen LogP contribution in [-0.4, -0.2) is 16.9 Å². The minimum Gasteiger partial charge on any atom is -0.481 e. The number of carbonyl (C=O) groups is 2. The molecule has 1 fully saturated rings. The molecule has 0 amide bonds. The van der Waals surface area contributed by atoms with Crippen LogP contribution >= 0.6 is 0 Å². The summed E-state index contributed by atoms with van der Waals surface area (Å²) in [5.74, 6) is -0.690. The van der Waals surface area contributed by atoms with Crippen molar-refractivity contribution in [3.8, 4) is 0 Å². The normalized spacial score (nSPS) is 30.8. The first-order valence-electron chi connectivity index (χ1n) is 8.25. The summed E-state index contributed by atoms with van der Waals surface area (Å²) in [4.78, 5) is 24.2. The quantitative estimate of drug-likeness (QED) is 0.892. The molecule has 0 radical (unpaired) electrons. The lowest BCUT2D eigenvalue weighted by molar-refractivity contribution is -0.146. The molecule has 3 atom stereocenters. The zero-order valence-electron chi connectivity index (χ0n) is 13.6. The smallest absolute Gasteiger partial charge is 0.306 e. The van der Waals surface area contributed by atoms with Gasteiger partial charge in [-0.1, -0.05) is 39.3 Å². The SMILES string of the molecule is CC(C)c1ccc2c(c1)C(=O)CC1[C@@H](C(=O)O)CCC[C@]21C. The van der Waals surface area contributed by atoms with Gasteiger partial charge in [0.05, 0.1) is 5.92 Å². The molecule has 22 heavy (non-hydrogen) atoms. The molecular weight excluding hydrogens is 276 g/mol. The lowest BCUT2D eigenvalue weighted by Crippen LogP contribution is -2.48. The molecule has 3 heteroatoms. The van der Waals surface area contributed by atoms with Crippen LogP contribution in [0.2, 0.25) is 0 Å². The van der Waals surface area contributed by atoms with Gasteiger partial charge in [-0.25, -0.2) is 0 Å². The van der Waals surface area contributed by atoms with E-state index in [4.69, 9.17) is 0 Å². The summed E-state index contributed by atoms with van der Waals surface area (Å²) in [6.45, 7) is 6.41. The van der Waals surface area contributed by atoms with Crippen molar-refractivity contribution in [2.75, 3.05) is 0 Å². The molecule has 1 unspecified atom stereocenters. The third-order valence-corrected chi connectivity index (χ3v) is 5.86. The lowest BCUT2D eigenvalue weighted by Gasteiger charge is -2.48. The average Bonchev–Trinajstić information content (AvgIpc) is 2.47. The summed E-state index contributed by atoms with van der Waals surface area (Å²) < 4.78 is 0. The molecule has 1 N–H and O–H groups in total. The van der Waals surface area contributed by atoms with E-state index in [-0.39, 0.29) is 23.0 Å². The van der Waals surface area contributed by atoms with Crippen LogP contribution in [0.15, 0.2) is 18.2 Å². The summed E-state index contributed by atoms with van der Waals surface area (Å²) in [6.07, 6.45) is 2.97. The van der Waals surface area contributed by atoms with E-state index in [0.717, 1.165) is 24.0 Å². The average molecular weight is 300 g/mol. The molecule has 1 saturated carbocycles. The molecule has 2 aliphatic carbocycles. The van der Waals surface area contributed by atoms with E-state index in [1.54, 1.807) is 0 Å². The van der Waals surface area contributed by atoms with Gasteiger partial charge in [0.25, 0.3) is 0 Å². The first-order chi connectivity index (χ1) is 10.3. The van der Waals surface area contributed by atoms with Crippen LogP contribution in [0.25, 0.3) is 0 Å². The van der Waals surface area contributed by atoms with Crippen LogP contribution in [0, 0.1) is 11.8 Å². The monoisotopic (exact) mass is 300 g/mol. The van der Waals surface area contributed by atoms with E-state index in [0.29, 0.717) is 18.8 Å². The highest BCUT2D eigenvalue weighted by Crippen LogP contribution is 2.52. The predicted octanol–water partition coefficient (Wildman–Crippen LogP) is 4.16. The fourth-order valence-corrected chi connectivity index (χ4v) is 4.48. The molecule has 0 aromatic heterocycles. The van der Waals surface area contributed by atoms with Crippen LogP contribution in [0.5, 0.6) is 0 Å². The van der Waals surface area contributed by atoms with Crippen molar-refractivity contribution in [2.24, 2.45) is 11.8 Å². The summed E-state index contributed by atoms with van der Waals surface area (Å²) >= 11 is 0. The van der Waals surface area contributed by atoms with Crippen LogP contribution in [0.4, 0.5) is 0 Å². The Bertz CT molecular complexity index is 632. The van der Waals surface area contributed by atoms with E-state index >= 15 is 0 Å². The predicted molar refractivity (Wildman–Crippen MR) is 85.3 cm³/mol. The number of aliphatic carboxylic acids is 1. The molecule has 0 saturated heterocycles. The van der Waals surface area contributed by atoms with Gasteiger partial charge < -0.3 is 5.11 Å². The third kappa shape index (κ3) is 2.18. The number of hydrogen-bond acceptors (Lipinski definition) is 2. The number of benzene rings is 1. The Morgan fingerprint density at radius 2 is 2.09 bits per heavy atom. The fourth-order valence-electron chi connectivity index (χ4n) is 4.48. The molecule has 0 spiro atoms. The van der Waals surface area contributed by atoms with Gasteiger partial charge in [-0.15, -0.1) is 0 Å². The second-order valence-corrected chi connectivity index (χ2v) is 7.45. The third-order valence-electron chi connectivity index (χ3n) is 5.86. The minimum absolute atomic E-state index is 0.0661. The zero-order chi connectivity index (χ0) is 16.1. The van der Waals surface area contributed by atoms with E-state index in [9.17, 15) is 14.7 Å². The molecule has 2 aliphatic rings. The van der Waals surface area contributed by atoms with Gasteiger partial charge in [0, 0.05) is 12.0 Å². The maximum Gasteiger partial charge on any atom is 0.306 e.